The Morgan fingerprint density at radius 3 is 2.71 bits per heavy atom. The molecule has 0 spiro atoms. The van der Waals surface area contributed by atoms with Crippen molar-refractivity contribution in [3.05, 3.63) is 36.0 Å². The van der Waals surface area contributed by atoms with E-state index in [0.29, 0.717) is 17.4 Å². The first-order valence-electron chi connectivity index (χ1n) is 7.59. The number of nitrogens with zero attached hydrogens (tertiary/aromatic N) is 2. The largest absolute Gasteiger partial charge is 0.398 e. The van der Waals surface area contributed by atoms with E-state index in [9.17, 15) is 4.79 Å². The molecule has 1 fully saturated rings. The topological polar surface area (TPSA) is 59.2 Å². The second kappa shape index (κ2) is 5.72. The average Bonchev–Trinajstić information content (AvgIpc) is 2.54. The van der Waals surface area contributed by atoms with Crippen LogP contribution in [0.5, 0.6) is 0 Å². The van der Waals surface area contributed by atoms with Gasteiger partial charge in [0.1, 0.15) is 5.69 Å². The van der Waals surface area contributed by atoms with Gasteiger partial charge in [-0.05, 0) is 25.0 Å². The fourth-order valence-corrected chi connectivity index (χ4v) is 3.13. The lowest BCUT2D eigenvalue weighted by Gasteiger charge is -2.31. The van der Waals surface area contributed by atoms with E-state index in [0.717, 1.165) is 23.7 Å². The van der Waals surface area contributed by atoms with E-state index in [1.807, 2.05) is 36.2 Å². The number of carbonyl (C=O) groups is 1. The number of nitrogen functional groups attached to an aromatic ring is 1. The van der Waals surface area contributed by atoms with E-state index in [1.165, 1.54) is 19.3 Å². The number of nitrogens with two attached hydrogens (primary N) is 1. The highest BCUT2D eigenvalue weighted by molar-refractivity contribution is 5.99. The molecule has 1 heterocycles. The van der Waals surface area contributed by atoms with Gasteiger partial charge in [-0.25, -0.2) is 4.98 Å². The molecule has 21 heavy (non-hydrogen) atoms. The second-order valence-electron chi connectivity index (χ2n) is 5.82. The van der Waals surface area contributed by atoms with E-state index in [4.69, 9.17) is 5.73 Å². The van der Waals surface area contributed by atoms with E-state index >= 15 is 0 Å². The van der Waals surface area contributed by atoms with Crippen molar-refractivity contribution in [3.8, 4) is 0 Å². The summed E-state index contributed by atoms with van der Waals surface area (Å²) in [6.07, 6.45) is 5.86. The molecule has 1 aliphatic rings. The predicted octanol–water partition coefficient (Wildman–Crippen LogP) is 3.22. The minimum atomic E-state index is -0.0284. The molecule has 1 aromatic heterocycles. The van der Waals surface area contributed by atoms with Crippen LogP contribution >= 0.6 is 0 Å². The van der Waals surface area contributed by atoms with E-state index < -0.39 is 0 Å². The van der Waals surface area contributed by atoms with Crippen LogP contribution in [0.3, 0.4) is 0 Å². The first-order valence-corrected chi connectivity index (χ1v) is 7.59. The molecule has 4 nitrogen and oxygen atoms in total. The van der Waals surface area contributed by atoms with Gasteiger partial charge in [0, 0.05) is 24.2 Å². The Morgan fingerprint density at radius 2 is 1.95 bits per heavy atom. The Bertz CT molecular complexity index is 662. The Labute approximate surface area is 125 Å². The standard InChI is InChI=1S/C17H21N3O/c1-20(12-7-3-2-4-8-12)17(21)16-11-14(18)13-9-5-6-10-15(13)19-16/h5-6,9-12H,2-4,7-8H2,1H3,(H2,18,19). The Morgan fingerprint density at radius 1 is 1.24 bits per heavy atom. The van der Waals surface area contributed by atoms with Crippen LogP contribution in [0.4, 0.5) is 5.69 Å². The summed E-state index contributed by atoms with van der Waals surface area (Å²) in [5, 5.41) is 0.898. The summed E-state index contributed by atoms with van der Waals surface area (Å²) in [6, 6.07) is 9.69. The van der Waals surface area contributed by atoms with Gasteiger partial charge in [-0.1, -0.05) is 37.5 Å². The number of rotatable bonds is 2. The molecule has 0 aliphatic heterocycles. The number of amides is 1. The molecule has 3 rings (SSSR count). The maximum atomic E-state index is 12.6. The van der Waals surface area contributed by atoms with Crippen molar-refractivity contribution in [1.82, 2.24) is 9.88 Å². The molecule has 1 aromatic carbocycles. The van der Waals surface area contributed by atoms with Gasteiger partial charge >= 0.3 is 0 Å². The first-order chi connectivity index (χ1) is 10.2. The Hall–Kier alpha value is -2.10. The summed E-state index contributed by atoms with van der Waals surface area (Å²) in [7, 11) is 1.88. The summed E-state index contributed by atoms with van der Waals surface area (Å²) in [5.41, 5.74) is 7.89. The minimum Gasteiger partial charge on any atom is -0.398 e. The summed E-state index contributed by atoms with van der Waals surface area (Å²) in [6.45, 7) is 0. The van der Waals surface area contributed by atoms with Crippen LogP contribution in [-0.4, -0.2) is 28.9 Å². The Balaban J connectivity index is 1.90. The molecule has 110 valence electrons. The van der Waals surface area contributed by atoms with Crippen LogP contribution in [0.2, 0.25) is 0 Å². The molecule has 0 saturated heterocycles. The van der Waals surface area contributed by atoms with Crippen LogP contribution < -0.4 is 5.73 Å². The van der Waals surface area contributed by atoms with Crippen molar-refractivity contribution in [3.63, 3.8) is 0 Å². The third-order valence-corrected chi connectivity index (χ3v) is 4.41. The highest BCUT2D eigenvalue weighted by Crippen LogP contribution is 2.24. The third kappa shape index (κ3) is 2.71. The van der Waals surface area contributed by atoms with E-state index in [2.05, 4.69) is 4.98 Å². The SMILES string of the molecule is CN(C(=O)c1cc(N)c2ccccc2n1)C1CCCCC1. The van der Waals surface area contributed by atoms with Crippen molar-refractivity contribution in [2.75, 3.05) is 12.8 Å². The molecule has 0 atom stereocenters. The Kier molecular flexibility index (Phi) is 3.78. The lowest BCUT2D eigenvalue weighted by atomic mass is 9.94. The van der Waals surface area contributed by atoms with Crippen LogP contribution in [-0.2, 0) is 0 Å². The minimum absolute atomic E-state index is 0.0284. The van der Waals surface area contributed by atoms with E-state index in [1.54, 1.807) is 6.07 Å². The highest BCUT2D eigenvalue weighted by atomic mass is 16.2. The van der Waals surface area contributed by atoms with Crippen LogP contribution in [0, 0.1) is 0 Å². The molecule has 0 radical (unpaired) electrons. The average molecular weight is 283 g/mol. The third-order valence-electron chi connectivity index (χ3n) is 4.41. The normalized spacial score (nSPS) is 16.0. The van der Waals surface area contributed by atoms with Crippen molar-refractivity contribution >= 4 is 22.5 Å². The fourth-order valence-electron chi connectivity index (χ4n) is 3.13. The number of hydrogen-bond acceptors (Lipinski definition) is 3. The lowest BCUT2D eigenvalue weighted by molar-refractivity contribution is 0.0691. The van der Waals surface area contributed by atoms with Gasteiger partial charge in [0.2, 0.25) is 0 Å². The molecular weight excluding hydrogens is 262 g/mol. The van der Waals surface area contributed by atoms with Gasteiger partial charge in [-0.2, -0.15) is 0 Å². The van der Waals surface area contributed by atoms with Gasteiger partial charge in [0.05, 0.1) is 5.52 Å². The molecule has 2 aromatic rings. The van der Waals surface area contributed by atoms with Crippen LogP contribution in [0.1, 0.15) is 42.6 Å². The summed E-state index contributed by atoms with van der Waals surface area (Å²) in [4.78, 5) is 19.0. The number of fused-ring (bicyclic) bond motifs is 1. The molecule has 0 bridgehead atoms. The molecular formula is C17H21N3O. The number of para-hydroxylation sites is 1. The number of hydrogen-bond donors (Lipinski definition) is 1. The number of carbonyl (C=O) groups excluding carboxylic acids is 1. The highest BCUT2D eigenvalue weighted by Gasteiger charge is 2.24. The number of benzene rings is 1. The molecule has 0 unspecified atom stereocenters. The zero-order chi connectivity index (χ0) is 14.8. The van der Waals surface area contributed by atoms with Crippen molar-refractivity contribution in [2.24, 2.45) is 0 Å². The zero-order valence-electron chi connectivity index (χ0n) is 12.4. The number of pyridine rings is 1. The smallest absolute Gasteiger partial charge is 0.272 e. The molecule has 1 aliphatic carbocycles. The van der Waals surface area contributed by atoms with Gasteiger partial charge in [0.25, 0.3) is 5.91 Å². The number of aromatic nitrogens is 1. The number of anilines is 1. The quantitative estimate of drug-likeness (QED) is 0.920. The lowest BCUT2D eigenvalue weighted by Crippen LogP contribution is -2.38. The maximum Gasteiger partial charge on any atom is 0.272 e. The fraction of sp³-hybridized carbons (Fsp3) is 0.412. The van der Waals surface area contributed by atoms with Gasteiger partial charge in [-0.3, -0.25) is 4.79 Å². The predicted molar refractivity (Wildman–Crippen MR) is 85.1 cm³/mol. The van der Waals surface area contributed by atoms with Crippen molar-refractivity contribution < 1.29 is 4.79 Å². The summed E-state index contributed by atoms with van der Waals surface area (Å²) >= 11 is 0. The zero-order valence-corrected chi connectivity index (χ0v) is 12.4. The monoisotopic (exact) mass is 283 g/mol. The van der Waals surface area contributed by atoms with Crippen LogP contribution in [0.25, 0.3) is 10.9 Å². The molecule has 4 heteroatoms. The second-order valence-corrected chi connectivity index (χ2v) is 5.82. The molecule has 1 saturated carbocycles. The molecule has 2 N–H and O–H groups in total. The first kappa shape index (κ1) is 13.9. The van der Waals surface area contributed by atoms with Crippen LogP contribution in [0.15, 0.2) is 30.3 Å². The summed E-state index contributed by atoms with van der Waals surface area (Å²) < 4.78 is 0. The molecule has 1 amide bonds. The maximum absolute atomic E-state index is 12.6. The summed E-state index contributed by atoms with van der Waals surface area (Å²) in [5.74, 6) is -0.0284. The van der Waals surface area contributed by atoms with Gasteiger partial charge < -0.3 is 10.6 Å². The van der Waals surface area contributed by atoms with Crippen molar-refractivity contribution in [1.29, 1.82) is 0 Å². The van der Waals surface area contributed by atoms with Gasteiger partial charge in [0.15, 0.2) is 0 Å². The van der Waals surface area contributed by atoms with Crippen molar-refractivity contribution in [2.45, 2.75) is 38.1 Å². The van der Waals surface area contributed by atoms with E-state index in [-0.39, 0.29) is 5.91 Å². The van der Waals surface area contributed by atoms with Gasteiger partial charge in [-0.15, -0.1) is 0 Å².